The van der Waals surface area contributed by atoms with E-state index in [0.717, 1.165) is 12.2 Å². The van der Waals surface area contributed by atoms with E-state index in [2.05, 4.69) is 13.8 Å². The van der Waals surface area contributed by atoms with Crippen molar-refractivity contribution in [3.8, 4) is 0 Å². The maximum atomic E-state index is 13.4. The third-order valence-corrected chi connectivity index (χ3v) is 3.43. The summed E-state index contributed by atoms with van der Waals surface area (Å²) in [5.41, 5.74) is 0.615. The van der Waals surface area contributed by atoms with E-state index in [0.29, 0.717) is 17.2 Å². The molecular weight excluding hydrogens is 239 g/mol. The molecule has 0 aliphatic carbocycles. The third-order valence-electron chi connectivity index (χ3n) is 2.39. The van der Waals surface area contributed by atoms with E-state index in [1.165, 1.54) is 18.2 Å². The van der Waals surface area contributed by atoms with E-state index in [9.17, 15) is 9.18 Å². The fraction of sp³-hybridized carbons (Fsp3) is 0.462. The average Bonchev–Trinajstić information content (AvgIpc) is 2.25. The molecule has 0 unspecified atom stereocenters. The van der Waals surface area contributed by atoms with Crippen molar-refractivity contribution in [2.45, 2.75) is 26.0 Å². The molecule has 0 saturated heterocycles. The molecule has 4 heteroatoms. The van der Waals surface area contributed by atoms with Crippen LogP contribution in [0.2, 0.25) is 0 Å². The smallest absolute Gasteiger partial charge is 0.335 e. The Bertz CT molecular complexity index is 391. The van der Waals surface area contributed by atoms with Crippen molar-refractivity contribution in [1.29, 1.82) is 0 Å². The summed E-state index contributed by atoms with van der Waals surface area (Å²) in [6.07, 6.45) is 1.09. The van der Waals surface area contributed by atoms with Crippen LogP contribution in [0.4, 0.5) is 4.39 Å². The predicted molar refractivity (Wildman–Crippen MR) is 69.0 cm³/mol. The Morgan fingerprint density at radius 3 is 2.76 bits per heavy atom. The molecule has 1 aromatic rings. The molecule has 1 N–H and O–H groups in total. The lowest BCUT2D eigenvalue weighted by atomic mass is 10.1. The first-order valence-corrected chi connectivity index (χ1v) is 6.75. The number of carbonyl (C=O) groups is 1. The van der Waals surface area contributed by atoms with Gasteiger partial charge in [0.25, 0.3) is 0 Å². The van der Waals surface area contributed by atoms with Crippen molar-refractivity contribution in [1.82, 2.24) is 0 Å². The van der Waals surface area contributed by atoms with Crippen molar-refractivity contribution in [2.24, 2.45) is 5.92 Å². The number of aromatic carboxylic acids is 1. The Morgan fingerprint density at radius 1 is 1.47 bits per heavy atom. The van der Waals surface area contributed by atoms with E-state index in [1.54, 1.807) is 11.8 Å². The summed E-state index contributed by atoms with van der Waals surface area (Å²) in [6.45, 7) is 4.29. The quantitative estimate of drug-likeness (QED) is 0.786. The minimum absolute atomic E-state index is 0.144. The van der Waals surface area contributed by atoms with Crippen LogP contribution in [-0.2, 0) is 5.75 Å². The highest BCUT2D eigenvalue weighted by molar-refractivity contribution is 7.98. The van der Waals surface area contributed by atoms with Gasteiger partial charge in [-0.25, -0.2) is 9.18 Å². The second kappa shape index (κ2) is 6.64. The maximum Gasteiger partial charge on any atom is 0.335 e. The zero-order valence-corrected chi connectivity index (χ0v) is 10.9. The van der Waals surface area contributed by atoms with Crippen molar-refractivity contribution in [3.63, 3.8) is 0 Å². The third kappa shape index (κ3) is 4.77. The Morgan fingerprint density at radius 2 is 2.18 bits per heavy atom. The van der Waals surface area contributed by atoms with Gasteiger partial charge in [0, 0.05) is 5.75 Å². The van der Waals surface area contributed by atoms with Crippen LogP contribution in [0.1, 0.15) is 36.2 Å². The van der Waals surface area contributed by atoms with E-state index in [1.807, 2.05) is 0 Å². The minimum atomic E-state index is -1.02. The van der Waals surface area contributed by atoms with Gasteiger partial charge in [0.15, 0.2) is 0 Å². The summed E-state index contributed by atoms with van der Waals surface area (Å²) in [5, 5.41) is 8.82. The lowest BCUT2D eigenvalue weighted by Crippen LogP contribution is -1.99. The standard InChI is InChI=1S/C13H17FO2S/c1-9(2)5-6-17-8-11-7-10(13(15)16)3-4-12(11)14/h3-4,7,9H,5-6,8H2,1-2H3,(H,15,16). The number of thioether (sulfide) groups is 1. The lowest BCUT2D eigenvalue weighted by molar-refractivity contribution is 0.0696. The summed E-state index contributed by atoms with van der Waals surface area (Å²) in [7, 11) is 0. The fourth-order valence-electron chi connectivity index (χ4n) is 1.32. The normalized spacial score (nSPS) is 10.8. The molecule has 0 amide bonds. The van der Waals surface area contributed by atoms with Gasteiger partial charge in [0.05, 0.1) is 5.56 Å². The van der Waals surface area contributed by atoms with Gasteiger partial charge in [-0.2, -0.15) is 11.8 Å². The molecule has 0 aliphatic rings. The van der Waals surface area contributed by atoms with Crippen molar-refractivity contribution < 1.29 is 14.3 Å². The lowest BCUT2D eigenvalue weighted by Gasteiger charge is -2.06. The second-order valence-electron chi connectivity index (χ2n) is 4.35. The van der Waals surface area contributed by atoms with Gasteiger partial charge >= 0.3 is 5.97 Å². The number of hydrogen-bond acceptors (Lipinski definition) is 2. The van der Waals surface area contributed by atoms with Gasteiger partial charge in [-0.1, -0.05) is 13.8 Å². The molecule has 2 nitrogen and oxygen atoms in total. The highest BCUT2D eigenvalue weighted by Gasteiger charge is 2.08. The number of hydrogen-bond donors (Lipinski definition) is 1. The highest BCUT2D eigenvalue weighted by atomic mass is 32.2. The van der Waals surface area contributed by atoms with Gasteiger partial charge in [0.2, 0.25) is 0 Å². The summed E-state index contributed by atoms with van der Waals surface area (Å²) in [5.74, 6) is 0.789. The van der Waals surface area contributed by atoms with Gasteiger partial charge in [0.1, 0.15) is 5.82 Å². The second-order valence-corrected chi connectivity index (χ2v) is 5.45. The monoisotopic (exact) mass is 256 g/mol. The topological polar surface area (TPSA) is 37.3 Å². The first kappa shape index (κ1) is 14.0. The Balaban J connectivity index is 2.57. The SMILES string of the molecule is CC(C)CCSCc1cc(C(=O)O)ccc1F. The fourth-order valence-corrected chi connectivity index (χ4v) is 2.54. The number of carboxylic acids is 1. The number of halogens is 1. The molecule has 1 rings (SSSR count). The molecule has 0 bridgehead atoms. The molecule has 0 spiro atoms. The Hall–Kier alpha value is -1.03. The summed E-state index contributed by atoms with van der Waals surface area (Å²) < 4.78 is 13.4. The molecule has 0 aromatic heterocycles. The van der Waals surface area contributed by atoms with E-state index < -0.39 is 5.97 Å². The largest absolute Gasteiger partial charge is 0.478 e. The van der Waals surface area contributed by atoms with Crippen LogP contribution in [0.3, 0.4) is 0 Å². The molecule has 17 heavy (non-hydrogen) atoms. The number of carboxylic acid groups (broad SMARTS) is 1. The molecule has 1 aromatic carbocycles. The Kier molecular flexibility index (Phi) is 5.48. The molecular formula is C13H17FO2S. The Labute approximate surface area is 105 Å². The average molecular weight is 256 g/mol. The maximum absolute atomic E-state index is 13.4. The summed E-state index contributed by atoms with van der Waals surface area (Å²) in [4.78, 5) is 10.8. The first-order chi connectivity index (χ1) is 8.00. The number of benzene rings is 1. The molecule has 0 atom stereocenters. The van der Waals surface area contributed by atoms with Crippen LogP contribution in [0.15, 0.2) is 18.2 Å². The first-order valence-electron chi connectivity index (χ1n) is 5.60. The van der Waals surface area contributed by atoms with E-state index in [-0.39, 0.29) is 11.4 Å². The molecule has 0 aliphatic heterocycles. The van der Waals surface area contributed by atoms with Gasteiger partial charge in [-0.3, -0.25) is 0 Å². The van der Waals surface area contributed by atoms with Crippen LogP contribution in [-0.4, -0.2) is 16.8 Å². The summed E-state index contributed by atoms with van der Waals surface area (Å²) >= 11 is 1.64. The van der Waals surface area contributed by atoms with E-state index in [4.69, 9.17) is 5.11 Å². The van der Waals surface area contributed by atoms with Gasteiger partial charge in [-0.05, 0) is 41.9 Å². The van der Waals surface area contributed by atoms with Crippen LogP contribution < -0.4 is 0 Å². The summed E-state index contributed by atoms with van der Waals surface area (Å²) in [6, 6.07) is 3.93. The zero-order chi connectivity index (χ0) is 12.8. The molecule has 0 radical (unpaired) electrons. The molecule has 94 valence electrons. The molecule has 0 fully saturated rings. The van der Waals surface area contributed by atoms with Crippen LogP contribution in [0.25, 0.3) is 0 Å². The predicted octanol–water partition coefficient (Wildman–Crippen LogP) is 3.80. The van der Waals surface area contributed by atoms with Crippen molar-refractivity contribution in [2.75, 3.05) is 5.75 Å². The van der Waals surface area contributed by atoms with E-state index >= 15 is 0 Å². The molecule has 0 saturated carbocycles. The van der Waals surface area contributed by atoms with Crippen LogP contribution >= 0.6 is 11.8 Å². The van der Waals surface area contributed by atoms with Crippen molar-refractivity contribution >= 4 is 17.7 Å². The van der Waals surface area contributed by atoms with Crippen LogP contribution in [0.5, 0.6) is 0 Å². The minimum Gasteiger partial charge on any atom is -0.478 e. The van der Waals surface area contributed by atoms with Crippen LogP contribution in [0, 0.1) is 11.7 Å². The van der Waals surface area contributed by atoms with Crippen molar-refractivity contribution in [3.05, 3.63) is 35.1 Å². The van der Waals surface area contributed by atoms with Gasteiger partial charge in [-0.15, -0.1) is 0 Å². The van der Waals surface area contributed by atoms with Gasteiger partial charge < -0.3 is 5.11 Å². The number of rotatable bonds is 6. The zero-order valence-electron chi connectivity index (χ0n) is 10.1. The molecule has 0 heterocycles. The highest BCUT2D eigenvalue weighted by Crippen LogP contribution is 2.19.